The lowest BCUT2D eigenvalue weighted by Crippen LogP contribution is -2.23. The van der Waals surface area contributed by atoms with E-state index in [1.54, 1.807) is 12.1 Å². The van der Waals surface area contributed by atoms with Crippen molar-refractivity contribution in [3.05, 3.63) is 65.2 Å². The van der Waals surface area contributed by atoms with Gasteiger partial charge in [0.15, 0.2) is 0 Å². The minimum Gasteiger partial charge on any atom is -0.477 e. The number of hydrogen-bond acceptors (Lipinski definition) is 3. The highest BCUT2D eigenvalue weighted by molar-refractivity contribution is 5.96. The molecule has 0 fully saturated rings. The van der Waals surface area contributed by atoms with Crippen molar-refractivity contribution >= 4 is 11.9 Å². The van der Waals surface area contributed by atoms with Gasteiger partial charge in [-0.3, -0.25) is 4.79 Å². The van der Waals surface area contributed by atoms with Crippen molar-refractivity contribution in [2.24, 2.45) is 0 Å². The lowest BCUT2D eigenvalue weighted by atomic mass is 10.2. The first-order valence-electron chi connectivity index (χ1n) is 5.78. The summed E-state index contributed by atoms with van der Waals surface area (Å²) in [6.45, 7) is 0.226. The van der Waals surface area contributed by atoms with E-state index in [9.17, 15) is 14.0 Å². The number of carboxylic acids is 1. The molecule has 0 aliphatic heterocycles. The third-order valence-corrected chi connectivity index (χ3v) is 2.61. The second kappa shape index (κ2) is 5.92. The largest absolute Gasteiger partial charge is 0.477 e. The summed E-state index contributed by atoms with van der Waals surface area (Å²) in [4.78, 5) is 26.2. The Hall–Kier alpha value is -2.76. The molecule has 2 rings (SSSR count). The average Bonchev–Trinajstić information content (AvgIpc) is 2.46. The zero-order valence-electron chi connectivity index (χ0n) is 10.3. The van der Waals surface area contributed by atoms with Gasteiger partial charge in [0.2, 0.25) is 0 Å². The molecular formula is C14H11FN2O3. The smallest absolute Gasteiger partial charge is 0.354 e. The van der Waals surface area contributed by atoms with Crippen molar-refractivity contribution in [1.82, 2.24) is 10.3 Å². The third-order valence-electron chi connectivity index (χ3n) is 2.61. The van der Waals surface area contributed by atoms with Crippen molar-refractivity contribution in [2.75, 3.05) is 0 Å². The van der Waals surface area contributed by atoms with Crippen LogP contribution in [0, 0.1) is 5.82 Å². The van der Waals surface area contributed by atoms with Crippen LogP contribution in [0.15, 0.2) is 42.6 Å². The topological polar surface area (TPSA) is 79.3 Å². The number of carbonyl (C=O) groups excluding carboxylic acids is 1. The van der Waals surface area contributed by atoms with Crippen LogP contribution in [0.5, 0.6) is 0 Å². The maximum Gasteiger partial charge on any atom is 0.354 e. The summed E-state index contributed by atoms with van der Waals surface area (Å²) >= 11 is 0. The maximum atomic E-state index is 12.7. The van der Waals surface area contributed by atoms with E-state index in [0.29, 0.717) is 0 Å². The lowest BCUT2D eigenvalue weighted by Gasteiger charge is -2.05. The van der Waals surface area contributed by atoms with E-state index in [-0.39, 0.29) is 23.6 Å². The number of halogens is 1. The quantitative estimate of drug-likeness (QED) is 0.891. The Morgan fingerprint density at radius 2 is 1.90 bits per heavy atom. The van der Waals surface area contributed by atoms with Gasteiger partial charge in [0.1, 0.15) is 11.5 Å². The molecule has 6 heteroatoms. The van der Waals surface area contributed by atoms with Crippen molar-refractivity contribution < 1.29 is 19.1 Å². The van der Waals surface area contributed by atoms with Crippen LogP contribution in [0.25, 0.3) is 0 Å². The molecule has 20 heavy (non-hydrogen) atoms. The summed E-state index contributed by atoms with van der Waals surface area (Å²) in [5.41, 5.74) is 0.756. The molecule has 1 amide bonds. The van der Waals surface area contributed by atoms with E-state index in [4.69, 9.17) is 5.11 Å². The molecule has 5 nitrogen and oxygen atoms in total. The van der Waals surface area contributed by atoms with Gasteiger partial charge in [-0.1, -0.05) is 12.1 Å². The fraction of sp³-hybridized carbons (Fsp3) is 0.0714. The third kappa shape index (κ3) is 3.38. The van der Waals surface area contributed by atoms with Crippen molar-refractivity contribution in [2.45, 2.75) is 6.54 Å². The van der Waals surface area contributed by atoms with Gasteiger partial charge in [0.25, 0.3) is 5.91 Å². The second-order valence-electron chi connectivity index (χ2n) is 4.04. The minimum atomic E-state index is -1.20. The highest BCUT2D eigenvalue weighted by Gasteiger charge is 2.10. The first kappa shape index (κ1) is 13.7. The van der Waals surface area contributed by atoms with Crippen molar-refractivity contribution in [3.63, 3.8) is 0 Å². The Bertz CT molecular complexity index is 641. The molecule has 0 radical (unpaired) electrons. The van der Waals surface area contributed by atoms with Crippen LogP contribution in [0.4, 0.5) is 4.39 Å². The van der Waals surface area contributed by atoms with Crippen LogP contribution in [-0.4, -0.2) is 22.0 Å². The molecule has 2 N–H and O–H groups in total. The Balaban J connectivity index is 2.03. The number of nitrogens with zero attached hydrogens (tertiary/aromatic N) is 1. The molecule has 0 aliphatic carbocycles. The zero-order chi connectivity index (χ0) is 14.5. The van der Waals surface area contributed by atoms with E-state index in [0.717, 1.165) is 5.56 Å². The molecule has 0 atom stereocenters. The average molecular weight is 274 g/mol. The van der Waals surface area contributed by atoms with E-state index >= 15 is 0 Å². The summed E-state index contributed by atoms with van der Waals surface area (Å²) in [5.74, 6) is -1.96. The number of aromatic nitrogens is 1. The first-order valence-corrected chi connectivity index (χ1v) is 5.78. The van der Waals surface area contributed by atoms with E-state index in [1.807, 2.05) is 0 Å². The highest BCUT2D eigenvalue weighted by Crippen LogP contribution is 2.05. The van der Waals surface area contributed by atoms with Crippen LogP contribution < -0.4 is 5.32 Å². The Morgan fingerprint density at radius 3 is 2.55 bits per heavy atom. The number of pyridine rings is 1. The Morgan fingerprint density at radius 1 is 1.20 bits per heavy atom. The van der Waals surface area contributed by atoms with Gasteiger partial charge in [-0.05, 0) is 29.8 Å². The molecule has 2 aromatic rings. The molecule has 0 saturated heterocycles. The minimum absolute atomic E-state index is 0.195. The Kier molecular flexibility index (Phi) is 4.05. The van der Waals surface area contributed by atoms with Crippen LogP contribution in [0.1, 0.15) is 26.4 Å². The molecular weight excluding hydrogens is 263 g/mol. The molecule has 0 aliphatic rings. The van der Waals surface area contributed by atoms with Gasteiger partial charge in [-0.15, -0.1) is 0 Å². The normalized spacial score (nSPS) is 10.1. The number of aromatic carboxylic acids is 1. The predicted octanol–water partition coefficient (Wildman–Crippen LogP) is 1.85. The fourth-order valence-corrected chi connectivity index (χ4v) is 1.58. The van der Waals surface area contributed by atoms with Gasteiger partial charge in [0, 0.05) is 18.3 Å². The molecule has 0 spiro atoms. The predicted molar refractivity (Wildman–Crippen MR) is 68.8 cm³/mol. The summed E-state index contributed by atoms with van der Waals surface area (Å²) in [5, 5.41) is 11.4. The molecule has 1 heterocycles. The molecule has 0 unspecified atom stereocenters. The maximum absolute atomic E-state index is 12.7. The summed E-state index contributed by atoms with van der Waals surface area (Å²) in [6.07, 6.45) is 1.26. The van der Waals surface area contributed by atoms with Gasteiger partial charge in [0.05, 0.1) is 0 Å². The zero-order valence-corrected chi connectivity index (χ0v) is 10.3. The first-order chi connectivity index (χ1) is 9.56. The van der Waals surface area contributed by atoms with Gasteiger partial charge >= 0.3 is 5.97 Å². The monoisotopic (exact) mass is 274 g/mol. The number of amides is 1. The van der Waals surface area contributed by atoms with Crippen LogP contribution >= 0.6 is 0 Å². The summed E-state index contributed by atoms with van der Waals surface area (Å²) < 4.78 is 12.7. The molecule has 1 aromatic heterocycles. The summed E-state index contributed by atoms with van der Waals surface area (Å²) in [6, 6.07) is 8.34. The van der Waals surface area contributed by atoms with E-state index in [2.05, 4.69) is 10.3 Å². The highest BCUT2D eigenvalue weighted by atomic mass is 19.1. The van der Waals surface area contributed by atoms with Gasteiger partial charge in [-0.2, -0.15) is 0 Å². The molecule has 1 aromatic carbocycles. The van der Waals surface area contributed by atoms with Crippen molar-refractivity contribution in [1.29, 1.82) is 0 Å². The molecule has 0 saturated carbocycles. The van der Waals surface area contributed by atoms with E-state index < -0.39 is 11.9 Å². The molecule has 102 valence electrons. The van der Waals surface area contributed by atoms with Gasteiger partial charge < -0.3 is 10.4 Å². The fourth-order valence-electron chi connectivity index (χ4n) is 1.58. The van der Waals surface area contributed by atoms with E-state index in [1.165, 1.54) is 30.5 Å². The second-order valence-corrected chi connectivity index (χ2v) is 4.04. The van der Waals surface area contributed by atoms with Gasteiger partial charge in [-0.25, -0.2) is 14.2 Å². The number of nitrogens with one attached hydrogen (secondary N) is 1. The van der Waals surface area contributed by atoms with Crippen LogP contribution in [0.2, 0.25) is 0 Å². The van der Waals surface area contributed by atoms with Crippen LogP contribution in [0.3, 0.4) is 0 Å². The van der Waals surface area contributed by atoms with Crippen molar-refractivity contribution in [3.8, 4) is 0 Å². The van der Waals surface area contributed by atoms with Crippen LogP contribution in [-0.2, 0) is 6.54 Å². The summed E-state index contributed by atoms with van der Waals surface area (Å²) in [7, 11) is 0. The number of benzene rings is 1. The SMILES string of the molecule is O=C(NCc1ccc(F)cc1)c1ccnc(C(=O)O)c1. The number of hydrogen-bond donors (Lipinski definition) is 2. The number of rotatable bonds is 4. The number of carboxylic acid groups (broad SMARTS) is 1. The Labute approximate surface area is 114 Å². The standard InChI is InChI=1S/C14H11FN2O3/c15-11-3-1-9(2-4-11)8-17-13(18)10-5-6-16-12(7-10)14(19)20/h1-7H,8H2,(H,17,18)(H,19,20). The molecule has 0 bridgehead atoms. The lowest BCUT2D eigenvalue weighted by molar-refractivity contribution is 0.0690. The number of carbonyl (C=O) groups is 2.